The number of hydrogen-bond donors (Lipinski definition) is 1. The van der Waals surface area contributed by atoms with E-state index in [0.29, 0.717) is 5.02 Å². The van der Waals surface area contributed by atoms with E-state index in [9.17, 15) is 5.11 Å². The van der Waals surface area contributed by atoms with Gasteiger partial charge < -0.3 is 10.0 Å². The first-order valence-corrected chi connectivity index (χ1v) is 7.44. The lowest BCUT2D eigenvalue weighted by atomic mass is 9.92. The summed E-state index contributed by atoms with van der Waals surface area (Å²) in [6.07, 6.45) is 1.48. The Morgan fingerprint density at radius 3 is 2.57 bits per heavy atom. The fourth-order valence-corrected chi connectivity index (χ4v) is 3.12. The molecule has 0 spiro atoms. The fourth-order valence-electron chi connectivity index (χ4n) is 2.84. The Bertz CT molecular complexity index is 630. The summed E-state index contributed by atoms with van der Waals surface area (Å²) >= 11 is 6.32. The first-order valence-electron chi connectivity index (χ1n) is 7.06. The second-order valence-corrected chi connectivity index (χ2v) is 5.55. The average Bonchev–Trinajstić information content (AvgIpc) is 2.47. The number of rotatable bonds is 3. The maximum absolute atomic E-state index is 10.7. The first kappa shape index (κ1) is 16.2. The Balaban J connectivity index is 0.00000161. The van der Waals surface area contributed by atoms with Crippen molar-refractivity contribution in [3.05, 3.63) is 53.1 Å². The molecule has 1 aliphatic rings. The summed E-state index contributed by atoms with van der Waals surface area (Å²) < 4.78 is 0. The summed E-state index contributed by atoms with van der Waals surface area (Å²) in [5.41, 5.74) is 4.09. The lowest BCUT2D eigenvalue weighted by Crippen LogP contribution is -2.33. The van der Waals surface area contributed by atoms with Crippen molar-refractivity contribution in [3.63, 3.8) is 0 Å². The zero-order chi connectivity index (χ0) is 14.1. The van der Waals surface area contributed by atoms with Crippen molar-refractivity contribution < 1.29 is 5.11 Å². The second kappa shape index (κ2) is 6.69. The summed E-state index contributed by atoms with van der Waals surface area (Å²) in [5, 5.41) is 11.3. The molecule has 0 fully saturated rings. The van der Waals surface area contributed by atoms with Gasteiger partial charge in [-0.1, -0.05) is 55.3 Å². The zero-order valence-corrected chi connectivity index (χ0v) is 13.5. The molecule has 2 nitrogen and oxygen atoms in total. The van der Waals surface area contributed by atoms with Crippen LogP contribution in [0.4, 0.5) is 5.69 Å². The van der Waals surface area contributed by atoms with Gasteiger partial charge in [-0.25, -0.2) is 0 Å². The van der Waals surface area contributed by atoms with Crippen LogP contribution in [-0.4, -0.2) is 11.7 Å². The highest BCUT2D eigenvalue weighted by Crippen LogP contribution is 2.45. The molecule has 1 heterocycles. The van der Waals surface area contributed by atoms with Crippen molar-refractivity contribution in [2.75, 3.05) is 11.4 Å². The predicted molar refractivity (Wildman–Crippen MR) is 91.3 cm³/mol. The Kier molecular flexibility index (Phi) is 5.15. The Morgan fingerprint density at radius 2 is 1.81 bits per heavy atom. The molecule has 2 aromatic rings. The van der Waals surface area contributed by atoms with E-state index < -0.39 is 6.23 Å². The number of halogens is 2. The highest BCUT2D eigenvalue weighted by molar-refractivity contribution is 6.32. The molecule has 0 saturated carbocycles. The van der Waals surface area contributed by atoms with Gasteiger partial charge in [-0.3, -0.25) is 0 Å². The van der Waals surface area contributed by atoms with Gasteiger partial charge in [0.05, 0.1) is 0 Å². The number of hydrogen-bond acceptors (Lipinski definition) is 2. The van der Waals surface area contributed by atoms with Crippen molar-refractivity contribution in [2.45, 2.75) is 26.0 Å². The molecule has 4 heteroatoms. The van der Waals surface area contributed by atoms with Crippen LogP contribution in [0.1, 0.15) is 31.6 Å². The SMILES string of the molecule is CCCCN1c2ccccc2-c2cccc(Cl)c2C1O.Cl. The highest BCUT2D eigenvalue weighted by Gasteiger charge is 2.30. The van der Waals surface area contributed by atoms with Crippen molar-refractivity contribution >= 4 is 29.7 Å². The van der Waals surface area contributed by atoms with Gasteiger partial charge in [0.2, 0.25) is 0 Å². The normalized spacial score (nSPS) is 16.0. The standard InChI is InChI=1S/C17H18ClNO.ClH/c1-2-3-11-19-15-10-5-4-7-12(15)13-8-6-9-14(18)16(13)17(19)20;/h4-10,17,20H,2-3,11H2,1H3;1H. The van der Waals surface area contributed by atoms with E-state index in [1.54, 1.807) is 0 Å². The molecule has 0 aromatic heterocycles. The number of benzene rings is 2. The summed E-state index contributed by atoms with van der Waals surface area (Å²) in [6.45, 7) is 2.99. The average molecular weight is 324 g/mol. The minimum absolute atomic E-state index is 0. The van der Waals surface area contributed by atoms with Gasteiger partial charge in [0, 0.05) is 28.4 Å². The quantitative estimate of drug-likeness (QED) is 0.855. The molecule has 1 aliphatic heterocycles. The van der Waals surface area contributed by atoms with E-state index in [4.69, 9.17) is 11.6 Å². The minimum Gasteiger partial charge on any atom is -0.369 e. The lowest BCUT2D eigenvalue weighted by Gasteiger charge is -2.37. The molecular weight excluding hydrogens is 305 g/mol. The molecule has 1 atom stereocenters. The van der Waals surface area contributed by atoms with Gasteiger partial charge in [-0.2, -0.15) is 0 Å². The summed E-state index contributed by atoms with van der Waals surface area (Å²) in [5.74, 6) is 0. The third-order valence-corrected chi connectivity index (χ3v) is 4.19. The summed E-state index contributed by atoms with van der Waals surface area (Å²) in [7, 11) is 0. The summed E-state index contributed by atoms with van der Waals surface area (Å²) in [6, 6.07) is 14.0. The fraction of sp³-hybridized carbons (Fsp3) is 0.294. The predicted octanol–water partition coefficient (Wildman–Crippen LogP) is 5.04. The van der Waals surface area contributed by atoms with Crippen LogP contribution in [0.15, 0.2) is 42.5 Å². The maximum Gasteiger partial charge on any atom is 0.155 e. The van der Waals surface area contributed by atoms with Crippen LogP contribution in [0.3, 0.4) is 0 Å². The number of unbranched alkanes of at least 4 members (excludes halogenated alkanes) is 1. The maximum atomic E-state index is 10.7. The second-order valence-electron chi connectivity index (χ2n) is 5.14. The third kappa shape index (κ3) is 2.76. The van der Waals surface area contributed by atoms with Gasteiger partial charge in [0.15, 0.2) is 6.23 Å². The van der Waals surface area contributed by atoms with Crippen LogP contribution >= 0.6 is 24.0 Å². The molecule has 0 radical (unpaired) electrons. The van der Waals surface area contributed by atoms with Gasteiger partial charge in [-0.15, -0.1) is 12.4 Å². The number of fused-ring (bicyclic) bond motifs is 3. The summed E-state index contributed by atoms with van der Waals surface area (Å²) in [4.78, 5) is 2.05. The first-order chi connectivity index (χ1) is 9.74. The Labute approximate surface area is 136 Å². The molecule has 112 valence electrons. The third-order valence-electron chi connectivity index (χ3n) is 3.86. The Morgan fingerprint density at radius 1 is 1.10 bits per heavy atom. The van der Waals surface area contributed by atoms with Crippen LogP contribution in [0.25, 0.3) is 11.1 Å². The molecule has 0 aliphatic carbocycles. The van der Waals surface area contributed by atoms with Crippen LogP contribution < -0.4 is 4.90 Å². The topological polar surface area (TPSA) is 23.5 Å². The minimum atomic E-state index is -0.667. The number of aliphatic hydroxyl groups excluding tert-OH is 1. The number of nitrogens with zero attached hydrogens (tertiary/aromatic N) is 1. The molecular formula is C17H19Cl2NO. The van der Waals surface area contributed by atoms with Crippen LogP contribution in [0, 0.1) is 0 Å². The molecule has 21 heavy (non-hydrogen) atoms. The van der Waals surface area contributed by atoms with Crippen LogP contribution in [-0.2, 0) is 0 Å². The van der Waals surface area contributed by atoms with Gasteiger partial charge in [-0.05, 0) is 24.1 Å². The smallest absolute Gasteiger partial charge is 0.155 e. The van der Waals surface area contributed by atoms with E-state index >= 15 is 0 Å². The lowest BCUT2D eigenvalue weighted by molar-refractivity contribution is 0.170. The molecule has 1 unspecified atom stereocenters. The number of para-hydroxylation sites is 1. The molecule has 3 rings (SSSR count). The number of anilines is 1. The van der Waals surface area contributed by atoms with E-state index in [2.05, 4.69) is 19.1 Å². The van der Waals surface area contributed by atoms with Crippen molar-refractivity contribution in [2.24, 2.45) is 0 Å². The van der Waals surface area contributed by atoms with Crippen LogP contribution in [0.2, 0.25) is 5.02 Å². The van der Waals surface area contributed by atoms with Crippen molar-refractivity contribution in [1.82, 2.24) is 0 Å². The Hall–Kier alpha value is -1.22. The zero-order valence-electron chi connectivity index (χ0n) is 11.9. The molecule has 0 saturated heterocycles. The van der Waals surface area contributed by atoms with E-state index in [-0.39, 0.29) is 12.4 Å². The van der Waals surface area contributed by atoms with E-state index in [1.165, 1.54) is 0 Å². The monoisotopic (exact) mass is 323 g/mol. The van der Waals surface area contributed by atoms with Gasteiger partial charge in [0.1, 0.15) is 0 Å². The highest BCUT2D eigenvalue weighted by atomic mass is 35.5. The number of aliphatic hydroxyl groups is 1. The van der Waals surface area contributed by atoms with Crippen molar-refractivity contribution in [3.8, 4) is 11.1 Å². The van der Waals surface area contributed by atoms with Gasteiger partial charge in [0.25, 0.3) is 0 Å². The molecule has 0 bridgehead atoms. The van der Waals surface area contributed by atoms with Crippen molar-refractivity contribution in [1.29, 1.82) is 0 Å². The van der Waals surface area contributed by atoms with Crippen LogP contribution in [0.5, 0.6) is 0 Å². The molecule has 1 N–H and O–H groups in total. The van der Waals surface area contributed by atoms with Gasteiger partial charge >= 0.3 is 0 Å². The largest absolute Gasteiger partial charge is 0.369 e. The van der Waals surface area contributed by atoms with E-state index in [1.807, 2.05) is 35.2 Å². The molecule has 0 amide bonds. The van der Waals surface area contributed by atoms with E-state index in [0.717, 1.165) is 41.8 Å². The molecule has 2 aromatic carbocycles.